The molecule has 1 aromatic heterocycles. The van der Waals surface area contributed by atoms with Crippen molar-refractivity contribution in [1.29, 1.82) is 0 Å². The number of imidazole rings is 1. The summed E-state index contributed by atoms with van der Waals surface area (Å²) in [4.78, 5) is 9.01. The normalized spacial score (nSPS) is 10.8. The lowest BCUT2D eigenvalue weighted by atomic mass is 10.2. The van der Waals surface area contributed by atoms with Crippen molar-refractivity contribution in [2.75, 3.05) is 12.3 Å². The van der Waals surface area contributed by atoms with Gasteiger partial charge in [-0.1, -0.05) is 26.0 Å². The molecule has 2 rings (SSSR count). The van der Waals surface area contributed by atoms with Crippen LogP contribution in [0.1, 0.15) is 19.7 Å². The smallest absolute Gasteiger partial charge is 0.120 e. The molecule has 18 heavy (non-hydrogen) atoms. The third-order valence-corrected chi connectivity index (χ3v) is 3.54. The Balaban J connectivity index is 2.08. The standard InChI is InChI=1S/C14H19N3S/c1-3-15-10-14-16-9-13(17-14)11-5-7-12(8-6-11)18-4-2/h5-9,15H,3-4,10H2,1-2H3,(H,16,17). The first-order valence-corrected chi connectivity index (χ1v) is 7.30. The van der Waals surface area contributed by atoms with Gasteiger partial charge in [-0.05, 0) is 30.0 Å². The molecule has 0 amide bonds. The highest BCUT2D eigenvalue weighted by molar-refractivity contribution is 7.99. The molecular formula is C14H19N3S. The summed E-state index contributed by atoms with van der Waals surface area (Å²) in [6.45, 7) is 6.01. The number of aromatic nitrogens is 2. The highest BCUT2D eigenvalue weighted by Gasteiger charge is 2.03. The van der Waals surface area contributed by atoms with Gasteiger partial charge in [0.15, 0.2) is 0 Å². The number of H-pyrrole nitrogens is 1. The molecule has 0 saturated carbocycles. The van der Waals surface area contributed by atoms with Crippen LogP contribution in [0.5, 0.6) is 0 Å². The molecule has 96 valence electrons. The maximum Gasteiger partial charge on any atom is 0.120 e. The monoisotopic (exact) mass is 261 g/mol. The van der Waals surface area contributed by atoms with Crippen molar-refractivity contribution < 1.29 is 0 Å². The van der Waals surface area contributed by atoms with Crippen LogP contribution in [0, 0.1) is 0 Å². The predicted molar refractivity (Wildman–Crippen MR) is 77.8 cm³/mol. The van der Waals surface area contributed by atoms with Gasteiger partial charge >= 0.3 is 0 Å². The minimum absolute atomic E-state index is 0.792. The van der Waals surface area contributed by atoms with Crippen LogP contribution in [-0.2, 0) is 6.54 Å². The van der Waals surface area contributed by atoms with Crippen molar-refractivity contribution in [2.24, 2.45) is 0 Å². The average molecular weight is 261 g/mol. The van der Waals surface area contributed by atoms with Crippen molar-refractivity contribution in [1.82, 2.24) is 15.3 Å². The van der Waals surface area contributed by atoms with Gasteiger partial charge in [0.25, 0.3) is 0 Å². The molecule has 1 aromatic carbocycles. The van der Waals surface area contributed by atoms with E-state index in [9.17, 15) is 0 Å². The number of aromatic amines is 1. The van der Waals surface area contributed by atoms with Crippen molar-refractivity contribution in [3.05, 3.63) is 36.3 Å². The number of rotatable bonds is 6. The van der Waals surface area contributed by atoms with E-state index in [1.54, 1.807) is 0 Å². The molecule has 0 radical (unpaired) electrons. The summed E-state index contributed by atoms with van der Waals surface area (Å²) < 4.78 is 0. The molecule has 2 aromatic rings. The molecular weight excluding hydrogens is 242 g/mol. The lowest BCUT2D eigenvalue weighted by Gasteiger charge is -2.01. The molecule has 0 unspecified atom stereocenters. The van der Waals surface area contributed by atoms with Gasteiger partial charge in [-0.25, -0.2) is 4.98 Å². The molecule has 0 aliphatic carbocycles. The maximum absolute atomic E-state index is 4.37. The minimum Gasteiger partial charge on any atom is -0.341 e. The third-order valence-electron chi connectivity index (χ3n) is 2.65. The Kier molecular flexibility index (Phi) is 4.84. The Morgan fingerprint density at radius 2 is 2.00 bits per heavy atom. The van der Waals surface area contributed by atoms with E-state index in [1.165, 1.54) is 10.5 Å². The quantitative estimate of drug-likeness (QED) is 0.784. The van der Waals surface area contributed by atoms with Crippen molar-refractivity contribution >= 4 is 11.8 Å². The van der Waals surface area contributed by atoms with Crippen molar-refractivity contribution in [2.45, 2.75) is 25.3 Å². The number of thioether (sulfide) groups is 1. The summed E-state index contributed by atoms with van der Waals surface area (Å²) in [6, 6.07) is 8.60. The van der Waals surface area contributed by atoms with Gasteiger partial charge in [-0.3, -0.25) is 0 Å². The largest absolute Gasteiger partial charge is 0.341 e. The first kappa shape index (κ1) is 13.2. The van der Waals surface area contributed by atoms with Crippen molar-refractivity contribution in [3.8, 4) is 11.3 Å². The van der Waals surface area contributed by atoms with Gasteiger partial charge in [0, 0.05) is 4.90 Å². The summed E-state index contributed by atoms with van der Waals surface area (Å²) >= 11 is 1.86. The molecule has 0 fully saturated rings. The molecule has 0 aliphatic rings. The summed E-state index contributed by atoms with van der Waals surface area (Å²) in [5, 5.41) is 3.26. The Labute approximate surface area is 112 Å². The minimum atomic E-state index is 0.792. The van der Waals surface area contributed by atoms with Crippen LogP contribution in [0.3, 0.4) is 0 Å². The second kappa shape index (κ2) is 6.61. The van der Waals surface area contributed by atoms with Gasteiger partial charge in [-0.15, -0.1) is 11.8 Å². The van der Waals surface area contributed by atoms with Gasteiger partial charge in [0.1, 0.15) is 5.82 Å². The van der Waals surface area contributed by atoms with Crippen LogP contribution in [0.25, 0.3) is 11.3 Å². The zero-order valence-electron chi connectivity index (χ0n) is 10.9. The van der Waals surface area contributed by atoms with Gasteiger partial charge in [0.05, 0.1) is 18.4 Å². The molecule has 2 N–H and O–H groups in total. The number of hydrogen-bond donors (Lipinski definition) is 2. The van der Waals surface area contributed by atoms with Gasteiger partial charge in [-0.2, -0.15) is 0 Å². The highest BCUT2D eigenvalue weighted by Crippen LogP contribution is 2.22. The van der Waals surface area contributed by atoms with Crippen LogP contribution in [-0.4, -0.2) is 22.3 Å². The Bertz CT molecular complexity index is 476. The molecule has 0 saturated heterocycles. The summed E-state index contributed by atoms with van der Waals surface area (Å²) in [5.74, 6) is 2.09. The van der Waals surface area contributed by atoms with E-state index in [4.69, 9.17) is 0 Å². The predicted octanol–water partition coefficient (Wildman–Crippen LogP) is 3.30. The number of hydrogen-bond acceptors (Lipinski definition) is 3. The van der Waals surface area contributed by atoms with E-state index in [0.29, 0.717) is 0 Å². The zero-order chi connectivity index (χ0) is 12.8. The van der Waals surface area contributed by atoms with Crippen LogP contribution in [0.4, 0.5) is 0 Å². The number of nitrogens with one attached hydrogen (secondary N) is 2. The van der Waals surface area contributed by atoms with Crippen LogP contribution in [0.2, 0.25) is 0 Å². The second-order valence-corrected chi connectivity index (χ2v) is 5.32. The average Bonchev–Trinajstić information content (AvgIpc) is 2.86. The Hall–Kier alpha value is -1.26. The molecule has 0 spiro atoms. The second-order valence-electron chi connectivity index (χ2n) is 3.98. The molecule has 0 atom stereocenters. The van der Waals surface area contributed by atoms with E-state index in [2.05, 4.69) is 53.4 Å². The lowest BCUT2D eigenvalue weighted by molar-refractivity contribution is 0.698. The van der Waals surface area contributed by atoms with E-state index >= 15 is 0 Å². The topological polar surface area (TPSA) is 40.7 Å². The fourth-order valence-corrected chi connectivity index (χ4v) is 2.40. The fraction of sp³-hybridized carbons (Fsp3) is 0.357. The number of nitrogens with zero attached hydrogens (tertiary/aromatic N) is 1. The van der Waals surface area contributed by atoms with Crippen LogP contribution < -0.4 is 5.32 Å². The molecule has 0 aliphatic heterocycles. The lowest BCUT2D eigenvalue weighted by Crippen LogP contribution is -2.12. The molecule has 4 heteroatoms. The summed E-state index contributed by atoms with van der Waals surface area (Å²) in [5.41, 5.74) is 2.27. The Morgan fingerprint density at radius 1 is 1.22 bits per heavy atom. The summed E-state index contributed by atoms with van der Waals surface area (Å²) in [6.07, 6.45) is 1.90. The van der Waals surface area contributed by atoms with Gasteiger partial charge < -0.3 is 10.3 Å². The highest BCUT2D eigenvalue weighted by atomic mass is 32.2. The fourth-order valence-electron chi connectivity index (χ4n) is 1.74. The summed E-state index contributed by atoms with van der Waals surface area (Å²) in [7, 11) is 0. The molecule has 0 bridgehead atoms. The molecule has 3 nitrogen and oxygen atoms in total. The zero-order valence-corrected chi connectivity index (χ0v) is 11.7. The Morgan fingerprint density at radius 3 is 2.67 bits per heavy atom. The van der Waals surface area contributed by atoms with E-state index in [-0.39, 0.29) is 0 Å². The SMILES string of the molecule is CCNCc1ncc(-c2ccc(SCC)cc2)[nH]1. The first-order chi connectivity index (χ1) is 8.83. The van der Waals surface area contributed by atoms with E-state index in [0.717, 1.165) is 30.4 Å². The van der Waals surface area contributed by atoms with Crippen LogP contribution >= 0.6 is 11.8 Å². The first-order valence-electron chi connectivity index (χ1n) is 6.31. The third kappa shape index (κ3) is 3.37. The van der Waals surface area contributed by atoms with E-state index < -0.39 is 0 Å². The maximum atomic E-state index is 4.37. The van der Waals surface area contributed by atoms with Crippen LogP contribution in [0.15, 0.2) is 35.4 Å². The van der Waals surface area contributed by atoms with Crippen molar-refractivity contribution in [3.63, 3.8) is 0 Å². The number of benzene rings is 1. The van der Waals surface area contributed by atoms with Gasteiger partial charge in [0.2, 0.25) is 0 Å². The molecule has 1 heterocycles. The van der Waals surface area contributed by atoms with E-state index in [1.807, 2.05) is 18.0 Å².